The van der Waals surface area contributed by atoms with Crippen molar-refractivity contribution in [1.29, 1.82) is 0 Å². The topological polar surface area (TPSA) is 62.5 Å². The minimum absolute atomic E-state index is 0.264. The van der Waals surface area contributed by atoms with Crippen molar-refractivity contribution < 1.29 is 5.11 Å². The molecule has 2 aromatic rings. The van der Waals surface area contributed by atoms with Gasteiger partial charge in [0.1, 0.15) is 4.60 Å². The van der Waals surface area contributed by atoms with Crippen molar-refractivity contribution in [3.63, 3.8) is 0 Å². The predicted molar refractivity (Wildman–Crippen MR) is 82.5 cm³/mol. The normalized spacial score (nSPS) is 12.9. The van der Waals surface area contributed by atoms with Gasteiger partial charge >= 0.3 is 0 Å². The number of hydrogen-bond donors (Lipinski definition) is 2. The maximum atomic E-state index is 9.06. The summed E-state index contributed by atoms with van der Waals surface area (Å²) in [6, 6.07) is 0. The summed E-state index contributed by atoms with van der Waals surface area (Å²) in [4.78, 5) is 8.49. The molecule has 0 aliphatic carbocycles. The second-order valence-electron chi connectivity index (χ2n) is 4.99. The third kappa shape index (κ3) is 4.01. The Balaban J connectivity index is 1.93. The molecule has 0 spiro atoms. The van der Waals surface area contributed by atoms with Crippen LogP contribution in [0.4, 0.5) is 0 Å². The Hall–Kier alpha value is -0.980. The van der Waals surface area contributed by atoms with Crippen molar-refractivity contribution in [2.75, 3.05) is 13.2 Å². The molecule has 5 nitrogen and oxygen atoms in total. The minimum Gasteiger partial charge on any atom is -0.396 e. The molecule has 0 bridgehead atoms. The first-order valence-corrected chi connectivity index (χ1v) is 7.83. The quantitative estimate of drug-likeness (QED) is 0.774. The van der Waals surface area contributed by atoms with Crippen LogP contribution in [0, 0.1) is 5.92 Å². The van der Waals surface area contributed by atoms with E-state index in [0.29, 0.717) is 5.92 Å². The molecule has 110 valence electrons. The average molecular weight is 341 g/mol. The summed E-state index contributed by atoms with van der Waals surface area (Å²) in [5.41, 5.74) is 1.97. The zero-order valence-corrected chi connectivity index (χ0v) is 13.3. The maximum Gasteiger partial charge on any atom is 0.155 e. The smallest absolute Gasteiger partial charge is 0.155 e. The van der Waals surface area contributed by atoms with E-state index in [1.807, 2.05) is 16.8 Å². The highest BCUT2D eigenvalue weighted by Gasteiger charge is 2.08. The second-order valence-corrected chi connectivity index (χ2v) is 5.80. The average Bonchev–Trinajstić information content (AvgIpc) is 2.82. The molecular weight excluding hydrogens is 320 g/mol. The number of aliphatic hydroxyl groups excluding tert-OH is 1. The van der Waals surface area contributed by atoms with Crippen molar-refractivity contribution >= 4 is 21.6 Å². The third-order valence-electron chi connectivity index (χ3n) is 3.41. The van der Waals surface area contributed by atoms with E-state index in [1.54, 1.807) is 6.20 Å². The first-order chi connectivity index (χ1) is 9.74. The molecule has 20 heavy (non-hydrogen) atoms. The number of hydrogen-bond acceptors (Lipinski definition) is 4. The highest BCUT2D eigenvalue weighted by molar-refractivity contribution is 9.10. The molecule has 0 amide bonds. The summed E-state index contributed by atoms with van der Waals surface area (Å²) in [6.45, 7) is 4.14. The Labute approximate surface area is 127 Å². The molecule has 2 rings (SSSR count). The van der Waals surface area contributed by atoms with Crippen molar-refractivity contribution in [2.24, 2.45) is 5.92 Å². The van der Waals surface area contributed by atoms with E-state index >= 15 is 0 Å². The number of aromatic nitrogens is 3. The fraction of sp³-hybridized carbons (Fsp3) is 0.571. The molecular formula is C14H21BrN4O. The van der Waals surface area contributed by atoms with Crippen LogP contribution in [0.25, 0.3) is 5.65 Å². The van der Waals surface area contributed by atoms with Crippen LogP contribution >= 0.6 is 15.9 Å². The van der Waals surface area contributed by atoms with Gasteiger partial charge in [-0.2, -0.15) is 0 Å². The fourth-order valence-electron chi connectivity index (χ4n) is 2.39. The van der Waals surface area contributed by atoms with E-state index in [1.165, 1.54) is 0 Å². The van der Waals surface area contributed by atoms with Crippen LogP contribution in [0.5, 0.6) is 0 Å². The molecule has 0 aliphatic rings. The molecule has 0 saturated heterocycles. The fourth-order valence-corrected chi connectivity index (χ4v) is 2.70. The molecule has 2 N–H and O–H groups in total. The van der Waals surface area contributed by atoms with Gasteiger partial charge in [-0.25, -0.2) is 9.97 Å². The zero-order valence-electron chi connectivity index (χ0n) is 11.7. The first-order valence-electron chi connectivity index (χ1n) is 7.03. The van der Waals surface area contributed by atoms with Crippen LogP contribution in [0.3, 0.4) is 0 Å². The summed E-state index contributed by atoms with van der Waals surface area (Å²) < 4.78 is 2.83. The van der Waals surface area contributed by atoms with Gasteiger partial charge in [0.05, 0.1) is 18.1 Å². The lowest BCUT2D eigenvalue weighted by molar-refractivity contribution is 0.248. The van der Waals surface area contributed by atoms with Crippen molar-refractivity contribution in [3.05, 3.63) is 28.9 Å². The minimum atomic E-state index is 0.264. The molecule has 2 heterocycles. The molecule has 0 fully saturated rings. The van der Waals surface area contributed by atoms with E-state index in [4.69, 9.17) is 5.11 Å². The van der Waals surface area contributed by atoms with Gasteiger partial charge in [-0.15, -0.1) is 0 Å². The summed E-state index contributed by atoms with van der Waals surface area (Å²) in [5.74, 6) is 0.539. The van der Waals surface area contributed by atoms with Gasteiger partial charge in [0.25, 0.3) is 0 Å². The highest BCUT2D eigenvalue weighted by atomic mass is 79.9. The van der Waals surface area contributed by atoms with Crippen LogP contribution < -0.4 is 5.32 Å². The van der Waals surface area contributed by atoms with Crippen LogP contribution in [0.15, 0.2) is 23.2 Å². The number of nitrogens with one attached hydrogen (secondary N) is 1. The van der Waals surface area contributed by atoms with Crippen LogP contribution in [-0.4, -0.2) is 32.6 Å². The molecule has 0 saturated carbocycles. The number of aliphatic hydroxyl groups is 1. The predicted octanol–water partition coefficient (Wildman–Crippen LogP) is 2.38. The van der Waals surface area contributed by atoms with Gasteiger partial charge in [-0.05, 0) is 41.2 Å². The van der Waals surface area contributed by atoms with Gasteiger partial charge < -0.3 is 10.4 Å². The van der Waals surface area contributed by atoms with Crippen LogP contribution in [0.2, 0.25) is 0 Å². The summed E-state index contributed by atoms with van der Waals surface area (Å²) in [5, 5.41) is 12.5. The Kier molecular flexibility index (Phi) is 5.94. The Morgan fingerprint density at radius 2 is 2.20 bits per heavy atom. The van der Waals surface area contributed by atoms with E-state index in [9.17, 15) is 0 Å². The molecule has 1 unspecified atom stereocenters. The molecule has 1 atom stereocenters. The lowest BCUT2D eigenvalue weighted by atomic mass is 10.0. The van der Waals surface area contributed by atoms with Crippen LogP contribution in [-0.2, 0) is 6.54 Å². The summed E-state index contributed by atoms with van der Waals surface area (Å²) >= 11 is 3.38. The van der Waals surface area contributed by atoms with Gasteiger partial charge in [-0.3, -0.25) is 4.40 Å². The number of halogens is 1. The number of imidazole rings is 1. The summed E-state index contributed by atoms with van der Waals surface area (Å²) in [6.07, 6.45) is 8.72. The standard InChI is InChI=1S/C14H21BrN4O/c1-2-3-11(4-5-20)6-16-7-12-8-18-14-9-17-13(15)10-19(12)14/h8-11,16,20H,2-7H2,1H3. The Morgan fingerprint density at radius 1 is 1.35 bits per heavy atom. The first kappa shape index (κ1) is 15.4. The third-order valence-corrected chi connectivity index (χ3v) is 3.82. The monoisotopic (exact) mass is 340 g/mol. The lowest BCUT2D eigenvalue weighted by Crippen LogP contribution is -2.23. The zero-order chi connectivity index (χ0) is 14.4. The van der Waals surface area contributed by atoms with E-state index < -0.39 is 0 Å². The van der Waals surface area contributed by atoms with Crippen molar-refractivity contribution in [3.8, 4) is 0 Å². The maximum absolute atomic E-state index is 9.06. The van der Waals surface area contributed by atoms with E-state index in [2.05, 4.69) is 38.1 Å². The number of fused-ring (bicyclic) bond motifs is 1. The Morgan fingerprint density at radius 3 is 2.95 bits per heavy atom. The SMILES string of the molecule is CCCC(CCO)CNCc1cnc2cnc(Br)cn12. The summed E-state index contributed by atoms with van der Waals surface area (Å²) in [7, 11) is 0. The number of nitrogens with zero attached hydrogens (tertiary/aromatic N) is 3. The molecule has 2 aromatic heterocycles. The highest BCUT2D eigenvalue weighted by Crippen LogP contribution is 2.12. The van der Waals surface area contributed by atoms with Crippen molar-refractivity contribution in [1.82, 2.24) is 19.7 Å². The van der Waals surface area contributed by atoms with E-state index in [-0.39, 0.29) is 6.61 Å². The van der Waals surface area contributed by atoms with Gasteiger partial charge in [0, 0.05) is 19.3 Å². The molecule has 0 aromatic carbocycles. The van der Waals surface area contributed by atoms with Crippen molar-refractivity contribution in [2.45, 2.75) is 32.7 Å². The molecule has 0 aliphatic heterocycles. The Bertz CT molecular complexity index is 537. The van der Waals surface area contributed by atoms with Gasteiger partial charge in [-0.1, -0.05) is 13.3 Å². The van der Waals surface area contributed by atoms with Gasteiger partial charge in [0.2, 0.25) is 0 Å². The molecule has 0 radical (unpaired) electrons. The molecule has 6 heteroatoms. The van der Waals surface area contributed by atoms with Gasteiger partial charge in [0.15, 0.2) is 5.65 Å². The second kappa shape index (κ2) is 7.71. The largest absolute Gasteiger partial charge is 0.396 e. The van der Waals surface area contributed by atoms with E-state index in [0.717, 1.165) is 48.3 Å². The lowest BCUT2D eigenvalue weighted by Gasteiger charge is -2.15. The number of rotatable bonds is 8. The van der Waals surface area contributed by atoms with Crippen LogP contribution in [0.1, 0.15) is 31.9 Å².